The zero-order valence-electron chi connectivity index (χ0n) is 14.9. The van der Waals surface area contributed by atoms with Gasteiger partial charge in [0.2, 0.25) is 11.8 Å². The standard InChI is InChI=1S/C19H17ClN4O3S/c1-27-15-5-3-2-4-12(15)11-21-24-19-23-18(26)16(28-19)10-17(25)22-14-8-6-13(20)7-9-14/h2-9,11,16H,10H2,1H3,(H,22,25)(H,23,24,26)/b21-11-. The normalized spacial score (nSPS) is 17.7. The lowest BCUT2D eigenvalue weighted by atomic mass is 10.2. The lowest BCUT2D eigenvalue weighted by Gasteiger charge is -2.07. The van der Waals surface area contributed by atoms with Crippen molar-refractivity contribution in [1.29, 1.82) is 0 Å². The van der Waals surface area contributed by atoms with Crippen LogP contribution in [0.1, 0.15) is 12.0 Å². The van der Waals surface area contributed by atoms with Crippen LogP contribution in [0.4, 0.5) is 5.69 Å². The Kier molecular flexibility index (Phi) is 6.67. The number of halogens is 1. The van der Waals surface area contributed by atoms with E-state index in [4.69, 9.17) is 16.3 Å². The van der Waals surface area contributed by atoms with Crippen LogP contribution in [0.15, 0.2) is 58.7 Å². The molecule has 2 N–H and O–H groups in total. The first kappa shape index (κ1) is 19.9. The Hall–Kier alpha value is -2.84. The molecule has 0 aliphatic carbocycles. The van der Waals surface area contributed by atoms with Crippen LogP contribution < -0.4 is 15.4 Å². The van der Waals surface area contributed by atoms with Crippen LogP contribution in [0.25, 0.3) is 0 Å². The number of carbonyl (C=O) groups excluding carboxylic acids is 2. The van der Waals surface area contributed by atoms with E-state index in [2.05, 4.69) is 20.8 Å². The summed E-state index contributed by atoms with van der Waals surface area (Å²) >= 11 is 6.99. The number of nitrogens with one attached hydrogen (secondary N) is 2. The molecular weight excluding hydrogens is 400 g/mol. The number of methoxy groups -OCH3 is 1. The minimum Gasteiger partial charge on any atom is -0.496 e. The molecule has 1 aliphatic rings. The molecule has 0 radical (unpaired) electrons. The summed E-state index contributed by atoms with van der Waals surface area (Å²) in [6.07, 6.45) is 1.56. The quantitative estimate of drug-likeness (QED) is 0.558. The van der Waals surface area contributed by atoms with Gasteiger partial charge in [-0.1, -0.05) is 35.5 Å². The van der Waals surface area contributed by atoms with Crippen LogP contribution in [0.2, 0.25) is 5.02 Å². The van der Waals surface area contributed by atoms with Gasteiger partial charge in [0.15, 0.2) is 5.17 Å². The fraction of sp³-hybridized carbons (Fsp3) is 0.158. The summed E-state index contributed by atoms with van der Waals surface area (Å²) in [6.45, 7) is 0. The molecule has 9 heteroatoms. The van der Waals surface area contributed by atoms with Gasteiger partial charge in [0.05, 0.1) is 13.3 Å². The zero-order valence-corrected chi connectivity index (χ0v) is 16.5. The number of carbonyl (C=O) groups is 2. The van der Waals surface area contributed by atoms with E-state index in [9.17, 15) is 9.59 Å². The Morgan fingerprint density at radius 3 is 2.79 bits per heavy atom. The van der Waals surface area contributed by atoms with Gasteiger partial charge < -0.3 is 15.4 Å². The van der Waals surface area contributed by atoms with Crippen LogP contribution in [0, 0.1) is 0 Å². The third-order valence-corrected chi connectivity index (χ3v) is 5.08. The van der Waals surface area contributed by atoms with Crippen LogP contribution in [0.3, 0.4) is 0 Å². The SMILES string of the molecule is COc1ccccc1/C=N\N=C1/NC(=O)C(CC(=O)Nc2ccc(Cl)cc2)S1. The highest BCUT2D eigenvalue weighted by atomic mass is 35.5. The molecule has 28 heavy (non-hydrogen) atoms. The second-order valence-corrected chi connectivity index (χ2v) is 7.37. The lowest BCUT2D eigenvalue weighted by Crippen LogP contribution is -2.28. The first-order valence-corrected chi connectivity index (χ1v) is 9.58. The van der Waals surface area contributed by atoms with Gasteiger partial charge in [-0.25, -0.2) is 0 Å². The maximum absolute atomic E-state index is 12.2. The van der Waals surface area contributed by atoms with Crippen molar-refractivity contribution < 1.29 is 14.3 Å². The number of benzene rings is 2. The monoisotopic (exact) mass is 416 g/mol. The van der Waals surface area contributed by atoms with E-state index in [0.717, 1.165) is 5.56 Å². The molecule has 0 bridgehead atoms. The van der Waals surface area contributed by atoms with Crippen molar-refractivity contribution >= 4 is 52.2 Å². The van der Waals surface area contributed by atoms with Crippen LogP contribution >= 0.6 is 23.4 Å². The van der Waals surface area contributed by atoms with Gasteiger partial charge in [-0.05, 0) is 36.4 Å². The van der Waals surface area contributed by atoms with E-state index in [-0.39, 0.29) is 18.2 Å². The molecule has 1 heterocycles. The lowest BCUT2D eigenvalue weighted by molar-refractivity contribution is -0.122. The summed E-state index contributed by atoms with van der Waals surface area (Å²) in [4.78, 5) is 24.2. The zero-order chi connectivity index (χ0) is 19.9. The van der Waals surface area contributed by atoms with Crippen molar-refractivity contribution in [3.8, 4) is 5.75 Å². The molecule has 1 atom stereocenters. The summed E-state index contributed by atoms with van der Waals surface area (Å²) in [5.74, 6) is 0.127. The first-order chi connectivity index (χ1) is 13.5. The first-order valence-electron chi connectivity index (χ1n) is 8.32. The molecule has 0 aromatic heterocycles. The molecule has 1 aliphatic heterocycles. The minimum atomic E-state index is -0.562. The maximum atomic E-state index is 12.2. The van der Waals surface area contributed by atoms with Crippen LogP contribution in [0.5, 0.6) is 5.75 Å². The number of para-hydroxylation sites is 1. The largest absolute Gasteiger partial charge is 0.496 e. The van der Waals surface area contributed by atoms with Crippen molar-refractivity contribution in [2.75, 3.05) is 12.4 Å². The number of thioether (sulfide) groups is 1. The maximum Gasteiger partial charge on any atom is 0.240 e. The van der Waals surface area contributed by atoms with Gasteiger partial charge in [0.1, 0.15) is 11.0 Å². The van der Waals surface area contributed by atoms with E-state index in [0.29, 0.717) is 21.6 Å². The predicted octanol–water partition coefficient (Wildman–Crippen LogP) is 3.30. The van der Waals surface area contributed by atoms with Crippen molar-refractivity contribution in [3.05, 3.63) is 59.1 Å². The second-order valence-electron chi connectivity index (χ2n) is 5.75. The average Bonchev–Trinajstić information content (AvgIpc) is 3.03. The molecule has 144 valence electrons. The summed E-state index contributed by atoms with van der Waals surface area (Å²) < 4.78 is 5.23. The van der Waals surface area contributed by atoms with E-state index in [1.807, 2.05) is 24.3 Å². The summed E-state index contributed by atoms with van der Waals surface area (Å²) in [7, 11) is 1.57. The molecule has 2 amide bonds. The number of amides is 2. The molecule has 0 saturated carbocycles. The fourth-order valence-electron chi connectivity index (χ4n) is 2.42. The van der Waals surface area contributed by atoms with Crippen molar-refractivity contribution in [1.82, 2.24) is 5.32 Å². The summed E-state index contributed by atoms with van der Waals surface area (Å²) in [5, 5.41) is 13.7. The Bertz CT molecular complexity index is 931. The van der Waals surface area contributed by atoms with Gasteiger partial charge in [-0.15, -0.1) is 5.10 Å². The molecular formula is C19H17ClN4O3S. The van der Waals surface area contributed by atoms with Gasteiger partial charge in [0.25, 0.3) is 0 Å². The summed E-state index contributed by atoms with van der Waals surface area (Å²) in [5.41, 5.74) is 1.38. The Labute approximate surface area is 171 Å². The Balaban J connectivity index is 1.57. The molecule has 7 nitrogen and oxygen atoms in total. The number of ether oxygens (including phenoxy) is 1. The number of hydrogen-bond acceptors (Lipinski definition) is 6. The molecule has 3 rings (SSSR count). The highest BCUT2D eigenvalue weighted by Gasteiger charge is 2.32. The minimum absolute atomic E-state index is 0.0222. The predicted molar refractivity (Wildman–Crippen MR) is 112 cm³/mol. The third kappa shape index (κ3) is 5.34. The smallest absolute Gasteiger partial charge is 0.240 e. The number of hydrogen-bond donors (Lipinski definition) is 2. The average molecular weight is 417 g/mol. The second kappa shape index (κ2) is 9.38. The van der Waals surface area contributed by atoms with E-state index in [1.54, 1.807) is 37.6 Å². The highest BCUT2D eigenvalue weighted by molar-refractivity contribution is 8.15. The molecule has 1 unspecified atom stereocenters. The van der Waals surface area contributed by atoms with Crippen LogP contribution in [-0.2, 0) is 9.59 Å². The third-order valence-electron chi connectivity index (χ3n) is 3.76. The summed E-state index contributed by atoms with van der Waals surface area (Å²) in [6, 6.07) is 14.1. The molecule has 2 aromatic rings. The fourth-order valence-corrected chi connectivity index (χ4v) is 3.47. The van der Waals surface area contributed by atoms with Gasteiger partial charge in [0, 0.05) is 22.7 Å². The topological polar surface area (TPSA) is 92.2 Å². The van der Waals surface area contributed by atoms with E-state index < -0.39 is 5.25 Å². The van der Waals surface area contributed by atoms with E-state index >= 15 is 0 Å². The number of rotatable bonds is 6. The van der Waals surface area contributed by atoms with Gasteiger partial charge in [-0.3, -0.25) is 9.59 Å². The highest BCUT2D eigenvalue weighted by Crippen LogP contribution is 2.23. The Morgan fingerprint density at radius 1 is 1.29 bits per heavy atom. The van der Waals surface area contributed by atoms with Crippen LogP contribution in [-0.4, -0.2) is 35.6 Å². The van der Waals surface area contributed by atoms with Crippen molar-refractivity contribution in [2.24, 2.45) is 10.2 Å². The van der Waals surface area contributed by atoms with Gasteiger partial charge >= 0.3 is 0 Å². The molecule has 0 spiro atoms. The van der Waals surface area contributed by atoms with E-state index in [1.165, 1.54) is 11.8 Å². The molecule has 1 fully saturated rings. The number of anilines is 1. The van der Waals surface area contributed by atoms with Crippen molar-refractivity contribution in [2.45, 2.75) is 11.7 Å². The molecule has 2 aromatic carbocycles. The number of amidine groups is 1. The van der Waals surface area contributed by atoms with Crippen molar-refractivity contribution in [3.63, 3.8) is 0 Å². The van der Waals surface area contributed by atoms with Gasteiger partial charge in [-0.2, -0.15) is 5.10 Å². The molecule has 1 saturated heterocycles. The Morgan fingerprint density at radius 2 is 2.04 bits per heavy atom. The number of nitrogens with zero attached hydrogens (tertiary/aromatic N) is 2.